The molecule has 0 aromatic carbocycles. The molecule has 0 aliphatic heterocycles. The molecule has 2 rings (SSSR count). The van der Waals surface area contributed by atoms with Gasteiger partial charge in [0, 0.05) is 12.6 Å². The number of nitrogens with two attached hydrogens (primary N) is 1. The van der Waals surface area contributed by atoms with Gasteiger partial charge in [0.25, 0.3) is 5.91 Å². The third-order valence-corrected chi connectivity index (χ3v) is 5.46. The number of carbonyl (C=O) groups is 1. The molecule has 2 heterocycles. The number of thiophene rings is 1. The van der Waals surface area contributed by atoms with Gasteiger partial charge in [-0.05, 0) is 24.8 Å². The molecule has 0 spiro atoms. The fourth-order valence-corrected chi connectivity index (χ4v) is 3.83. The summed E-state index contributed by atoms with van der Waals surface area (Å²) in [6.45, 7) is 4.49. The van der Waals surface area contributed by atoms with Gasteiger partial charge in [-0.3, -0.25) is 4.79 Å². The van der Waals surface area contributed by atoms with E-state index >= 15 is 0 Å². The predicted molar refractivity (Wildman–Crippen MR) is 104 cm³/mol. The molecule has 0 aliphatic carbocycles. The standard InChI is InChI=1S/C15H21N3OS2.2ClH/c1-3-4-6-11(9-16)18-14(19)13-10(2)17-15(21-13)12-7-5-8-20-12;;/h5,7-8,11H,3-4,6,9,16H2,1-2H3,(H,18,19);2*1H. The van der Waals surface area contributed by atoms with Crippen LogP contribution in [-0.2, 0) is 0 Å². The van der Waals surface area contributed by atoms with Crippen molar-refractivity contribution >= 4 is 53.4 Å². The van der Waals surface area contributed by atoms with E-state index in [-0.39, 0.29) is 36.8 Å². The SMILES string of the molecule is CCCCC(CN)NC(=O)c1sc(-c2cccs2)nc1C.Cl.Cl. The van der Waals surface area contributed by atoms with Crippen LogP contribution in [0.1, 0.15) is 41.6 Å². The maximum atomic E-state index is 12.4. The Morgan fingerprint density at radius 2 is 2.17 bits per heavy atom. The van der Waals surface area contributed by atoms with Gasteiger partial charge in [-0.25, -0.2) is 4.98 Å². The largest absolute Gasteiger partial charge is 0.347 e. The molecule has 1 amide bonds. The molecule has 0 radical (unpaired) electrons. The molecule has 2 aromatic rings. The van der Waals surface area contributed by atoms with Gasteiger partial charge in [0.2, 0.25) is 0 Å². The van der Waals surface area contributed by atoms with Gasteiger partial charge >= 0.3 is 0 Å². The Balaban J connectivity index is 0.00000242. The molecule has 8 heteroatoms. The molecule has 130 valence electrons. The first-order valence-electron chi connectivity index (χ1n) is 7.18. The Labute approximate surface area is 157 Å². The minimum Gasteiger partial charge on any atom is -0.347 e. The Kier molecular flexibility index (Phi) is 10.7. The van der Waals surface area contributed by atoms with Crippen LogP contribution in [0, 0.1) is 6.92 Å². The van der Waals surface area contributed by atoms with Crippen LogP contribution in [0.4, 0.5) is 0 Å². The summed E-state index contributed by atoms with van der Waals surface area (Å²) in [5.74, 6) is -0.0561. The van der Waals surface area contributed by atoms with E-state index in [0.717, 1.165) is 34.8 Å². The lowest BCUT2D eigenvalue weighted by Crippen LogP contribution is -2.40. The lowest BCUT2D eigenvalue weighted by atomic mass is 10.1. The Hall–Kier alpha value is -0.660. The molecule has 0 bridgehead atoms. The zero-order valence-corrected chi connectivity index (χ0v) is 16.5. The number of unbranched alkanes of at least 4 members (excludes halogenated alkanes) is 1. The van der Waals surface area contributed by atoms with Crippen molar-refractivity contribution < 1.29 is 4.79 Å². The van der Waals surface area contributed by atoms with E-state index in [1.807, 2.05) is 24.4 Å². The minimum atomic E-state index is -0.0561. The molecular formula is C15H23Cl2N3OS2. The molecule has 1 unspecified atom stereocenters. The molecule has 23 heavy (non-hydrogen) atoms. The number of nitrogens with zero attached hydrogens (tertiary/aromatic N) is 1. The van der Waals surface area contributed by atoms with Crippen molar-refractivity contribution in [3.8, 4) is 9.88 Å². The van der Waals surface area contributed by atoms with Crippen LogP contribution in [0.3, 0.4) is 0 Å². The van der Waals surface area contributed by atoms with E-state index in [4.69, 9.17) is 5.73 Å². The molecule has 0 saturated heterocycles. The Morgan fingerprint density at radius 1 is 1.43 bits per heavy atom. The first-order valence-corrected chi connectivity index (χ1v) is 8.87. The van der Waals surface area contributed by atoms with E-state index < -0.39 is 0 Å². The minimum absolute atomic E-state index is 0. The summed E-state index contributed by atoms with van der Waals surface area (Å²) in [4.78, 5) is 18.7. The highest BCUT2D eigenvalue weighted by molar-refractivity contribution is 7.22. The Bertz CT molecular complexity index is 588. The van der Waals surface area contributed by atoms with Crippen LogP contribution in [-0.4, -0.2) is 23.5 Å². The highest BCUT2D eigenvalue weighted by Gasteiger charge is 2.19. The molecular weight excluding hydrogens is 373 g/mol. The normalized spacial score (nSPS) is 11.3. The number of amides is 1. The second kappa shape index (κ2) is 11.0. The number of thiazole rings is 1. The van der Waals surface area contributed by atoms with E-state index in [9.17, 15) is 4.79 Å². The first kappa shape index (κ1) is 22.3. The second-order valence-corrected chi connectivity index (χ2v) is 6.91. The fourth-order valence-electron chi connectivity index (χ4n) is 2.06. The number of nitrogens with one attached hydrogen (secondary N) is 1. The summed E-state index contributed by atoms with van der Waals surface area (Å²) in [6.07, 6.45) is 3.10. The van der Waals surface area contributed by atoms with E-state index in [1.54, 1.807) is 11.3 Å². The zero-order chi connectivity index (χ0) is 15.2. The van der Waals surface area contributed by atoms with Crippen LogP contribution in [0.2, 0.25) is 0 Å². The number of rotatable bonds is 7. The maximum absolute atomic E-state index is 12.4. The highest BCUT2D eigenvalue weighted by atomic mass is 35.5. The topological polar surface area (TPSA) is 68.0 Å². The lowest BCUT2D eigenvalue weighted by Gasteiger charge is -2.15. The molecule has 1 atom stereocenters. The number of halogens is 2. The lowest BCUT2D eigenvalue weighted by molar-refractivity contribution is 0.0939. The van der Waals surface area contributed by atoms with Crippen molar-refractivity contribution in [3.05, 3.63) is 28.1 Å². The summed E-state index contributed by atoms with van der Waals surface area (Å²) >= 11 is 3.08. The van der Waals surface area contributed by atoms with Crippen LogP contribution >= 0.6 is 47.5 Å². The zero-order valence-electron chi connectivity index (χ0n) is 13.2. The number of aromatic nitrogens is 1. The van der Waals surface area contributed by atoms with Crippen molar-refractivity contribution in [2.45, 2.75) is 39.2 Å². The highest BCUT2D eigenvalue weighted by Crippen LogP contribution is 2.31. The van der Waals surface area contributed by atoms with Gasteiger partial charge in [-0.1, -0.05) is 25.8 Å². The van der Waals surface area contributed by atoms with E-state index in [1.165, 1.54) is 11.3 Å². The third kappa shape index (κ3) is 6.04. The van der Waals surface area contributed by atoms with Gasteiger partial charge in [-0.15, -0.1) is 47.5 Å². The van der Waals surface area contributed by atoms with Gasteiger partial charge in [0.05, 0.1) is 10.6 Å². The summed E-state index contributed by atoms with van der Waals surface area (Å²) < 4.78 is 0. The molecule has 4 nitrogen and oxygen atoms in total. The molecule has 0 saturated carbocycles. The summed E-state index contributed by atoms with van der Waals surface area (Å²) in [5.41, 5.74) is 6.52. The van der Waals surface area contributed by atoms with Crippen molar-refractivity contribution in [2.24, 2.45) is 5.73 Å². The third-order valence-electron chi connectivity index (χ3n) is 3.26. The van der Waals surface area contributed by atoms with Crippen LogP contribution in [0.25, 0.3) is 9.88 Å². The molecule has 3 N–H and O–H groups in total. The summed E-state index contributed by atoms with van der Waals surface area (Å²) in [5, 5.41) is 5.95. The maximum Gasteiger partial charge on any atom is 0.263 e. The molecule has 0 aliphatic rings. The summed E-state index contributed by atoms with van der Waals surface area (Å²) in [6, 6.07) is 4.06. The Morgan fingerprint density at radius 3 is 2.74 bits per heavy atom. The first-order chi connectivity index (χ1) is 10.2. The number of aryl methyl sites for hydroxylation is 1. The fraction of sp³-hybridized carbons (Fsp3) is 0.467. The van der Waals surface area contributed by atoms with Crippen LogP contribution < -0.4 is 11.1 Å². The number of carbonyl (C=O) groups excluding carboxylic acids is 1. The quantitative estimate of drug-likeness (QED) is 0.734. The van der Waals surface area contributed by atoms with Crippen molar-refractivity contribution in [2.75, 3.05) is 6.54 Å². The van der Waals surface area contributed by atoms with Crippen molar-refractivity contribution in [3.63, 3.8) is 0 Å². The van der Waals surface area contributed by atoms with E-state index in [2.05, 4.69) is 17.2 Å². The van der Waals surface area contributed by atoms with Crippen molar-refractivity contribution in [1.29, 1.82) is 0 Å². The van der Waals surface area contributed by atoms with Gasteiger partial charge in [0.15, 0.2) is 0 Å². The molecule has 2 aromatic heterocycles. The van der Waals surface area contributed by atoms with Gasteiger partial charge < -0.3 is 11.1 Å². The predicted octanol–water partition coefficient (Wildman–Crippen LogP) is 4.27. The van der Waals surface area contributed by atoms with E-state index in [0.29, 0.717) is 11.4 Å². The van der Waals surface area contributed by atoms with Gasteiger partial charge in [0.1, 0.15) is 9.88 Å². The average Bonchev–Trinajstić information content (AvgIpc) is 3.12. The van der Waals surface area contributed by atoms with Crippen LogP contribution in [0.15, 0.2) is 17.5 Å². The number of hydrogen-bond donors (Lipinski definition) is 2. The smallest absolute Gasteiger partial charge is 0.263 e. The second-order valence-electron chi connectivity index (χ2n) is 4.96. The molecule has 0 fully saturated rings. The van der Waals surface area contributed by atoms with Crippen LogP contribution in [0.5, 0.6) is 0 Å². The van der Waals surface area contributed by atoms with Gasteiger partial charge in [-0.2, -0.15) is 0 Å². The summed E-state index contributed by atoms with van der Waals surface area (Å²) in [7, 11) is 0. The monoisotopic (exact) mass is 395 g/mol. The number of hydrogen-bond acceptors (Lipinski definition) is 5. The average molecular weight is 396 g/mol. The van der Waals surface area contributed by atoms with Crippen molar-refractivity contribution in [1.82, 2.24) is 10.3 Å².